The molecule has 5 nitrogen and oxygen atoms in total. The van der Waals surface area contributed by atoms with Crippen molar-refractivity contribution in [3.63, 3.8) is 0 Å². The molecule has 2 fully saturated rings. The van der Waals surface area contributed by atoms with Gasteiger partial charge in [-0.3, -0.25) is 9.30 Å². The first-order valence-corrected chi connectivity index (χ1v) is 9.91. The van der Waals surface area contributed by atoms with Gasteiger partial charge in [-0.05, 0) is 48.7 Å². The number of imidazole rings is 1. The Balaban J connectivity index is 1.47. The van der Waals surface area contributed by atoms with E-state index in [9.17, 15) is 0 Å². The van der Waals surface area contributed by atoms with Gasteiger partial charge in [0.1, 0.15) is 15.9 Å². The van der Waals surface area contributed by atoms with Gasteiger partial charge in [0, 0.05) is 50.5 Å². The van der Waals surface area contributed by atoms with E-state index >= 15 is 0 Å². The molecule has 0 N–H and O–H groups in total. The molecule has 1 aliphatic carbocycles. The van der Waals surface area contributed by atoms with Crippen molar-refractivity contribution in [3.8, 4) is 0 Å². The van der Waals surface area contributed by atoms with Gasteiger partial charge < -0.3 is 4.90 Å². The molecule has 7 heteroatoms. The molecule has 4 rings (SSSR count). The summed E-state index contributed by atoms with van der Waals surface area (Å²) in [5.74, 6) is 1.63. The lowest BCUT2D eigenvalue weighted by Crippen LogP contribution is -2.49. The Morgan fingerprint density at radius 1 is 1.12 bits per heavy atom. The minimum atomic E-state index is 0.506. The average Bonchev–Trinajstić information content (AvgIpc) is 2.94. The summed E-state index contributed by atoms with van der Waals surface area (Å²) in [4.78, 5) is 14.0. The third-order valence-electron chi connectivity index (χ3n) is 5.61. The maximum Gasteiger partial charge on any atom is 0.155 e. The zero-order valence-corrected chi connectivity index (χ0v) is 16.3. The monoisotopic (exact) mass is 411 g/mol. The van der Waals surface area contributed by atoms with Crippen LogP contribution < -0.4 is 0 Å². The van der Waals surface area contributed by atoms with Crippen molar-refractivity contribution in [1.29, 1.82) is 0 Å². The molecule has 24 heavy (non-hydrogen) atoms. The van der Waals surface area contributed by atoms with Crippen molar-refractivity contribution in [2.75, 3.05) is 33.2 Å². The SMILES string of the molecule is CN1CCN([C@H]2CC[C@H](c3nc(Br)c4c(Cl)nccn43)CC2)CC1. The number of hydrogen-bond donors (Lipinski definition) is 0. The Labute approximate surface area is 156 Å². The summed E-state index contributed by atoms with van der Waals surface area (Å²) in [5, 5.41) is 0.509. The van der Waals surface area contributed by atoms with Crippen LogP contribution in [0.25, 0.3) is 5.52 Å². The quantitative estimate of drug-likeness (QED) is 0.757. The highest BCUT2D eigenvalue weighted by atomic mass is 79.9. The minimum Gasteiger partial charge on any atom is -0.304 e. The fraction of sp³-hybridized carbons (Fsp3) is 0.647. The standard InChI is InChI=1S/C17H23BrClN5/c1-22-8-10-23(11-9-22)13-4-2-12(3-5-13)17-21-15(18)14-16(19)20-6-7-24(14)17/h6-7,12-13H,2-5,8-11H2,1H3/t12-,13-. The lowest BCUT2D eigenvalue weighted by molar-refractivity contribution is 0.0872. The molecule has 130 valence electrons. The first-order valence-electron chi connectivity index (χ1n) is 8.74. The van der Waals surface area contributed by atoms with Crippen LogP contribution in [0.2, 0.25) is 5.15 Å². The zero-order chi connectivity index (χ0) is 16.7. The molecule has 0 radical (unpaired) electrons. The second-order valence-electron chi connectivity index (χ2n) is 7.04. The molecule has 0 unspecified atom stereocenters. The number of nitrogens with zero attached hydrogens (tertiary/aromatic N) is 5. The van der Waals surface area contributed by atoms with Crippen LogP contribution in [0.1, 0.15) is 37.4 Å². The molecule has 2 aromatic rings. The van der Waals surface area contributed by atoms with Crippen molar-refractivity contribution in [2.45, 2.75) is 37.6 Å². The molecule has 0 spiro atoms. The highest BCUT2D eigenvalue weighted by molar-refractivity contribution is 9.10. The van der Waals surface area contributed by atoms with E-state index in [-0.39, 0.29) is 0 Å². The second kappa shape index (κ2) is 6.90. The smallest absolute Gasteiger partial charge is 0.155 e. The second-order valence-corrected chi connectivity index (χ2v) is 8.15. The van der Waals surface area contributed by atoms with E-state index < -0.39 is 0 Å². The number of hydrogen-bond acceptors (Lipinski definition) is 4. The Morgan fingerprint density at radius 3 is 2.54 bits per heavy atom. The summed E-state index contributed by atoms with van der Waals surface area (Å²) in [5.41, 5.74) is 0.885. The lowest BCUT2D eigenvalue weighted by Gasteiger charge is -2.41. The Hall–Kier alpha value is -0.690. The molecule has 0 atom stereocenters. The maximum absolute atomic E-state index is 6.24. The van der Waals surface area contributed by atoms with E-state index in [0.29, 0.717) is 11.1 Å². The van der Waals surface area contributed by atoms with Crippen LogP contribution in [-0.4, -0.2) is 63.4 Å². The van der Waals surface area contributed by atoms with Crippen molar-refractivity contribution >= 4 is 33.0 Å². The summed E-state index contributed by atoms with van der Waals surface area (Å²) in [7, 11) is 2.22. The van der Waals surface area contributed by atoms with Crippen molar-refractivity contribution in [2.24, 2.45) is 0 Å². The number of likely N-dealkylation sites (N-methyl/N-ethyl adjacent to an activating group) is 1. The van der Waals surface area contributed by atoms with Gasteiger partial charge in [-0.2, -0.15) is 0 Å². The van der Waals surface area contributed by atoms with Crippen molar-refractivity contribution < 1.29 is 0 Å². The summed E-state index contributed by atoms with van der Waals surface area (Å²) in [6.07, 6.45) is 8.65. The molecule has 1 saturated carbocycles. The molecule has 1 aliphatic heterocycles. The van der Waals surface area contributed by atoms with E-state index in [0.717, 1.165) is 22.0 Å². The van der Waals surface area contributed by atoms with E-state index in [1.165, 1.54) is 51.9 Å². The van der Waals surface area contributed by atoms with Crippen LogP contribution in [-0.2, 0) is 0 Å². The fourth-order valence-electron chi connectivity index (χ4n) is 4.16. The Morgan fingerprint density at radius 2 is 1.83 bits per heavy atom. The van der Waals surface area contributed by atoms with Gasteiger partial charge in [0.2, 0.25) is 0 Å². The molecular formula is C17H23BrClN5. The minimum absolute atomic E-state index is 0.506. The Kier molecular flexibility index (Phi) is 4.82. The van der Waals surface area contributed by atoms with Gasteiger partial charge in [-0.1, -0.05) is 11.6 Å². The summed E-state index contributed by atoms with van der Waals surface area (Å²) in [6.45, 7) is 4.82. The zero-order valence-electron chi connectivity index (χ0n) is 14.0. The highest BCUT2D eigenvalue weighted by Gasteiger charge is 2.30. The number of piperazine rings is 1. The highest BCUT2D eigenvalue weighted by Crippen LogP contribution is 2.37. The first kappa shape index (κ1) is 16.8. The van der Waals surface area contributed by atoms with Crippen LogP contribution >= 0.6 is 27.5 Å². The van der Waals surface area contributed by atoms with Crippen LogP contribution in [0.3, 0.4) is 0 Å². The van der Waals surface area contributed by atoms with Gasteiger partial charge in [0.15, 0.2) is 5.15 Å². The van der Waals surface area contributed by atoms with Gasteiger partial charge in [-0.15, -0.1) is 0 Å². The number of rotatable bonds is 2. The van der Waals surface area contributed by atoms with E-state index in [2.05, 4.69) is 42.2 Å². The van der Waals surface area contributed by atoms with Crippen molar-refractivity contribution in [1.82, 2.24) is 24.2 Å². The van der Waals surface area contributed by atoms with Gasteiger partial charge >= 0.3 is 0 Å². The molecule has 0 amide bonds. The average molecular weight is 413 g/mol. The molecule has 2 aromatic heterocycles. The number of aromatic nitrogens is 3. The number of fused-ring (bicyclic) bond motifs is 1. The molecule has 0 bridgehead atoms. The largest absolute Gasteiger partial charge is 0.304 e. The molecule has 2 aliphatic rings. The third-order valence-corrected chi connectivity index (χ3v) is 6.44. The fourth-order valence-corrected chi connectivity index (χ4v) is 5.07. The summed E-state index contributed by atoms with van der Waals surface area (Å²) < 4.78 is 2.91. The van der Waals surface area contributed by atoms with Crippen molar-refractivity contribution in [3.05, 3.63) is 28.0 Å². The predicted octanol–water partition coefficient (Wildman–Crippen LogP) is 3.42. The van der Waals surface area contributed by atoms with E-state index in [1.54, 1.807) is 6.20 Å². The number of halogens is 2. The predicted molar refractivity (Wildman–Crippen MR) is 99.8 cm³/mol. The summed E-state index contributed by atoms with van der Waals surface area (Å²) >= 11 is 9.78. The van der Waals surface area contributed by atoms with Crippen LogP contribution in [0.4, 0.5) is 0 Å². The maximum atomic E-state index is 6.24. The molecular weight excluding hydrogens is 390 g/mol. The molecule has 1 saturated heterocycles. The third kappa shape index (κ3) is 3.09. The first-order chi connectivity index (χ1) is 11.6. The normalized spacial score (nSPS) is 27.0. The van der Waals surface area contributed by atoms with Crippen LogP contribution in [0, 0.1) is 0 Å². The van der Waals surface area contributed by atoms with Gasteiger partial charge in [0.05, 0.1) is 0 Å². The summed E-state index contributed by atoms with van der Waals surface area (Å²) in [6, 6.07) is 0.745. The van der Waals surface area contributed by atoms with E-state index in [1.807, 2.05) is 6.20 Å². The van der Waals surface area contributed by atoms with Gasteiger partial charge in [-0.25, -0.2) is 9.97 Å². The lowest BCUT2D eigenvalue weighted by atomic mass is 9.84. The van der Waals surface area contributed by atoms with Crippen LogP contribution in [0.5, 0.6) is 0 Å². The molecule has 0 aromatic carbocycles. The molecule has 3 heterocycles. The van der Waals surface area contributed by atoms with Gasteiger partial charge in [0.25, 0.3) is 0 Å². The van der Waals surface area contributed by atoms with E-state index in [4.69, 9.17) is 16.6 Å². The van der Waals surface area contributed by atoms with Crippen LogP contribution in [0.15, 0.2) is 17.0 Å². The topological polar surface area (TPSA) is 36.7 Å². The Bertz CT molecular complexity index is 717.